The Morgan fingerprint density at radius 1 is 1.27 bits per heavy atom. The van der Waals surface area contributed by atoms with Crippen LogP contribution in [-0.2, 0) is 0 Å². The summed E-state index contributed by atoms with van der Waals surface area (Å²) in [5, 5.41) is 4.65. The van der Waals surface area contributed by atoms with Crippen LogP contribution in [0.1, 0.15) is 29.9 Å². The number of halogens is 1. The fraction of sp³-hybridized carbons (Fsp3) is 0.438. The molecule has 2 aromatic rings. The summed E-state index contributed by atoms with van der Waals surface area (Å²) in [5.74, 6) is 0.272. The number of carbonyl (C=O) groups is 1. The molecule has 1 aliphatic rings. The highest BCUT2D eigenvalue weighted by atomic mass is 35.5. The Hall–Kier alpha value is -1.56. The first-order valence-electron chi connectivity index (χ1n) is 7.55. The molecule has 2 atom stereocenters. The van der Waals surface area contributed by atoms with Gasteiger partial charge in [-0.2, -0.15) is 0 Å². The minimum atomic E-state index is -0.0870. The maximum atomic E-state index is 12.5. The molecule has 2 heterocycles. The Bertz CT molecular complexity index is 701. The molecule has 1 aromatic heterocycles. The van der Waals surface area contributed by atoms with E-state index >= 15 is 0 Å². The fourth-order valence-corrected chi connectivity index (χ4v) is 3.33. The lowest BCUT2D eigenvalue weighted by atomic mass is 9.97. The van der Waals surface area contributed by atoms with E-state index in [1.165, 1.54) is 0 Å². The van der Waals surface area contributed by atoms with Crippen molar-refractivity contribution in [2.45, 2.75) is 32.9 Å². The zero-order valence-corrected chi connectivity index (χ0v) is 13.7. The molecule has 22 heavy (non-hydrogen) atoms. The van der Waals surface area contributed by atoms with E-state index in [1.807, 2.05) is 25.1 Å². The summed E-state index contributed by atoms with van der Waals surface area (Å²) in [4.78, 5) is 15.6. The molecular weight excluding hydrogens is 300 g/mol. The van der Waals surface area contributed by atoms with E-state index in [0.717, 1.165) is 16.5 Å². The van der Waals surface area contributed by atoms with Crippen molar-refractivity contribution in [3.8, 4) is 0 Å². The van der Waals surface area contributed by atoms with Crippen molar-refractivity contribution in [1.29, 1.82) is 0 Å². The first kappa shape index (κ1) is 15.3. The largest absolute Gasteiger partial charge is 0.350 e. The summed E-state index contributed by atoms with van der Waals surface area (Å²) in [6.07, 6.45) is 0. The summed E-state index contributed by atoms with van der Waals surface area (Å²) in [6, 6.07) is 6.34. The number of nitrogens with one attached hydrogen (secondary N) is 4. The Kier molecular flexibility index (Phi) is 4.12. The number of H-pyrrole nitrogens is 1. The van der Waals surface area contributed by atoms with Gasteiger partial charge in [0, 0.05) is 29.9 Å². The molecule has 1 aromatic carbocycles. The SMILES string of the molecule is Cc1c(C(=O)NCC2C(C)NNC2C)[nH]c2c(Cl)cccc12. The molecule has 2 unspecified atom stereocenters. The summed E-state index contributed by atoms with van der Waals surface area (Å²) in [5.41, 5.74) is 8.73. The summed E-state index contributed by atoms with van der Waals surface area (Å²) >= 11 is 6.19. The van der Waals surface area contributed by atoms with Crippen LogP contribution in [0.2, 0.25) is 5.02 Å². The smallest absolute Gasteiger partial charge is 0.268 e. The summed E-state index contributed by atoms with van der Waals surface area (Å²) in [7, 11) is 0. The number of hydrogen-bond donors (Lipinski definition) is 4. The van der Waals surface area contributed by atoms with Gasteiger partial charge < -0.3 is 10.3 Å². The molecule has 6 heteroatoms. The lowest BCUT2D eigenvalue weighted by Gasteiger charge is -2.18. The minimum Gasteiger partial charge on any atom is -0.350 e. The number of amides is 1. The molecule has 0 aliphatic carbocycles. The van der Waals surface area contributed by atoms with E-state index in [4.69, 9.17) is 11.6 Å². The monoisotopic (exact) mass is 320 g/mol. The van der Waals surface area contributed by atoms with Gasteiger partial charge in [-0.05, 0) is 32.4 Å². The average Bonchev–Trinajstić information content (AvgIpc) is 2.99. The van der Waals surface area contributed by atoms with Gasteiger partial charge in [-0.3, -0.25) is 15.6 Å². The van der Waals surface area contributed by atoms with Crippen LogP contribution in [0.25, 0.3) is 10.9 Å². The molecule has 0 radical (unpaired) electrons. The molecule has 0 bridgehead atoms. The first-order valence-corrected chi connectivity index (χ1v) is 7.93. The number of aromatic amines is 1. The maximum absolute atomic E-state index is 12.5. The quantitative estimate of drug-likeness (QED) is 0.702. The number of carbonyl (C=O) groups excluding carboxylic acids is 1. The Morgan fingerprint density at radius 3 is 2.59 bits per heavy atom. The van der Waals surface area contributed by atoms with Gasteiger partial charge in [0.05, 0.1) is 10.5 Å². The standard InChI is InChI=1S/C16H21ClN4O/c1-8-11-5-4-6-13(17)15(11)19-14(8)16(22)18-7-12-9(2)20-21-10(12)3/h4-6,9-10,12,19-21H,7H2,1-3H3,(H,18,22). The van der Waals surface area contributed by atoms with E-state index < -0.39 is 0 Å². The van der Waals surface area contributed by atoms with Gasteiger partial charge in [0.1, 0.15) is 5.69 Å². The van der Waals surface area contributed by atoms with Gasteiger partial charge in [0.25, 0.3) is 5.91 Å². The van der Waals surface area contributed by atoms with Crippen molar-refractivity contribution < 1.29 is 4.79 Å². The Balaban J connectivity index is 1.78. The number of benzene rings is 1. The van der Waals surface area contributed by atoms with E-state index in [2.05, 4.69) is 35.0 Å². The molecule has 0 saturated carbocycles. The summed E-state index contributed by atoms with van der Waals surface area (Å²) in [6.45, 7) is 6.79. The van der Waals surface area contributed by atoms with Crippen LogP contribution >= 0.6 is 11.6 Å². The van der Waals surface area contributed by atoms with E-state index in [9.17, 15) is 4.79 Å². The third-order valence-corrected chi connectivity index (χ3v) is 4.91. The first-order chi connectivity index (χ1) is 10.5. The van der Waals surface area contributed by atoms with Gasteiger partial charge in [-0.25, -0.2) is 0 Å². The van der Waals surface area contributed by atoms with Crippen LogP contribution in [0.3, 0.4) is 0 Å². The third kappa shape index (κ3) is 2.60. The van der Waals surface area contributed by atoms with Gasteiger partial charge in [-0.1, -0.05) is 23.7 Å². The number of para-hydroxylation sites is 1. The zero-order chi connectivity index (χ0) is 15.9. The summed E-state index contributed by atoms with van der Waals surface area (Å²) < 4.78 is 0. The number of rotatable bonds is 3. The highest BCUT2D eigenvalue weighted by molar-refractivity contribution is 6.35. The number of fused-ring (bicyclic) bond motifs is 1. The molecule has 3 rings (SSSR count). The lowest BCUT2D eigenvalue weighted by Crippen LogP contribution is -2.37. The van der Waals surface area contributed by atoms with Crippen LogP contribution < -0.4 is 16.2 Å². The van der Waals surface area contributed by atoms with Crippen LogP contribution in [0.4, 0.5) is 0 Å². The molecule has 0 spiro atoms. The zero-order valence-electron chi connectivity index (χ0n) is 13.0. The normalized spacial score (nSPS) is 24.8. The number of aromatic nitrogens is 1. The Morgan fingerprint density at radius 2 is 1.95 bits per heavy atom. The van der Waals surface area contributed by atoms with Crippen LogP contribution in [0, 0.1) is 12.8 Å². The van der Waals surface area contributed by atoms with E-state index in [0.29, 0.717) is 35.3 Å². The second-order valence-electron chi connectivity index (χ2n) is 6.03. The number of hydrazine groups is 1. The van der Waals surface area contributed by atoms with E-state index in [-0.39, 0.29) is 5.91 Å². The van der Waals surface area contributed by atoms with Crippen molar-refractivity contribution in [2.75, 3.05) is 6.54 Å². The van der Waals surface area contributed by atoms with Crippen molar-refractivity contribution in [3.05, 3.63) is 34.5 Å². The fourth-order valence-electron chi connectivity index (χ4n) is 3.11. The second-order valence-corrected chi connectivity index (χ2v) is 6.43. The lowest BCUT2D eigenvalue weighted by molar-refractivity contribution is 0.0941. The van der Waals surface area contributed by atoms with Crippen LogP contribution in [0.5, 0.6) is 0 Å². The maximum Gasteiger partial charge on any atom is 0.268 e. The predicted molar refractivity (Wildman–Crippen MR) is 89.1 cm³/mol. The van der Waals surface area contributed by atoms with Crippen molar-refractivity contribution in [1.82, 2.24) is 21.2 Å². The third-order valence-electron chi connectivity index (χ3n) is 4.59. The Labute approximate surface area is 134 Å². The second kappa shape index (κ2) is 5.91. The highest BCUT2D eigenvalue weighted by Crippen LogP contribution is 2.27. The molecule has 1 fully saturated rings. The van der Waals surface area contributed by atoms with Crippen LogP contribution in [-0.4, -0.2) is 29.5 Å². The van der Waals surface area contributed by atoms with Crippen molar-refractivity contribution in [3.63, 3.8) is 0 Å². The number of hydrogen-bond acceptors (Lipinski definition) is 3. The van der Waals surface area contributed by atoms with Gasteiger partial charge in [0.15, 0.2) is 0 Å². The van der Waals surface area contributed by atoms with Gasteiger partial charge >= 0.3 is 0 Å². The van der Waals surface area contributed by atoms with E-state index in [1.54, 1.807) is 0 Å². The minimum absolute atomic E-state index is 0.0870. The number of aryl methyl sites for hydroxylation is 1. The molecule has 1 saturated heterocycles. The molecule has 5 nitrogen and oxygen atoms in total. The highest BCUT2D eigenvalue weighted by Gasteiger charge is 2.30. The molecule has 1 amide bonds. The van der Waals surface area contributed by atoms with Crippen molar-refractivity contribution >= 4 is 28.4 Å². The van der Waals surface area contributed by atoms with Gasteiger partial charge in [0.2, 0.25) is 0 Å². The van der Waals surface area contributed by atoms with Gasteiger partial charge in [-0.15, -0.1) is 0 Å². The molecule has 4 N–H and O–H groups in total. The molecule has 1 aliphatic heterocycles. The average molecular weight is 321 g/mol. The van der Waals surface area contributed by atoms with Crippen molar-refractivity contribution in [2.24, 2.45) is 5.92 Å². The van der Waals surface area contributed by atoms with Crippen LogP contribution in [0.15, 0.2) is 18.2 Å². The molecular formula is C16H21ClN4O. The topological polar surface area (TPSA) is 69.0 Å². The predicted octanol–water partition coefficient (Wildman–Crippen LogP) is 2.36. The molecule has 118 valence electrons.